The lowest BCUT2D eigenvalue weighted by atomic mass is 10.2. The molecule has 1 heterocycles. The molecule has 0 unspecified atom stereocenters. The van der Waals surface area contributed by atoms with Crippen LogP contribution in [0.4, 0.5) is 5.69 Å². The Morgan fingerprint density at radius 1 is 1.17 bits per heavy atom. The van der Waals surface area contributed by atoms with Gasteiger partial charge in [0.25, 0.3) is 0 Å². The highest BCUT2D eigenvalue weighted by atomic mass is 32.2. The van der Waals surface area contributed by atoms with E-state index in [-0.39, 0.29) is 17.6 Å². The van der Waals surface area contributed by atoms with Crippen LogP contribution >= 0.6 is 11.8 Å². The second-order valence-corrected chi connectivity index (χ2v) is 7.55. The molecule has 2 aromatic carbocycles. The third-order valence-electron chi connectivity index (χ3n) is 4.50. The number of amides is 1. The number of fused-ring (bicyclic) bond motifs is 1. The minimum Gasteiger partial charge on any atom is -0.495 e. The van der Waals surface area contributed by atoms with Gasteiger partial charge in [-0.25, -0.2) is 9.78 Å². The third-order valence-corrected chi connectivity index (χ3v) is 5.48. The van der Waals surface area contributed by atoms with Crippen LogP contribution in [0.2, 0.25) is 0 Å². The van der Waals surface area contributed by atoms with Crippen LogP contribution in [0.3, 0.4) is 0 Å². The molecule has 8 heteroatoms. The van der Waals surface area contributed by atoms with Crippen LogP contribution in [-0.2, 0) is 16.1 Å². The lowest BCUT2D eigenvalue weighted by Crippen LogP contribution is -2.15. The molecular weight excluding hydrogens is 402 g/mol. The van der Waals surface area contributed by atoms with Crippen molar-refractivity contribution in [1.82, 2.24) is 9.55 Å². The number of aromatic nitrogens is 2. The maximum absolute atomic E-state index is 12.5. The molecular formula is C22H25N3O4S. The number of esters is 1. The van der Waals surface area contributed by atoms with E-state index < -0.39 is 0 Å². The lowest BCUT2D eigenvalue weighted by molar-refractivity contribution is -0.113. The van der Waals surface area contributed by atoms with E-state index in [0.29, 0.717) is 35.7 Å². The zero-order chi connectivity index (χ0) is 21.7. The Morgan fingerprint density at radius 2 is 1.97 bits per heavy atom. The predicted octanol–water partition coefficient (Wildman–Crippen LogP) is 4.28. The van der Waals surface area contributed by atoms with E-state index in [2.05, 4.69) is 10.3 Å². The maximum atomic E-state index is 12.5. The smallest absolute Gasteiger partial charge is 0.338 e. The Morgan fingerprint density at radius 3 is 2.67 bits per heavy atom. The largest absolute Gasteiger partial charge is 0.495 e. The summed E-state index contributed by atoms with van der Waals surface area (Å²) in [6.07, 6.45) is 0. The summed E-state index contributed by atoms with van der Waals surface area (Å²) < 4.78 is 12.4. The van der Waals surface area contributed by atoms with E-state index in [9.17, 15) is 9.59 Å². The van der Waals surface area contributed by atoms with Crippen LogP contribution in [0.25, 0.3) is 11.0 Å². The van der Waals surface area contributed by atoms with Crippen LogP contribution < -0.4 is 10.1 Å². The van der Waals surface area contributed by atoms with E-state index in [1.807, 2.05) is 42.7 Å². The van der Waals surface area contributed by atoms with Crippen molar-refractivity contribution in [2.24, 2.45) is 0 Å². The Balaban J connectivity index is 1.76. The van der Waals surface area contributed by atoms with Gasteiger partial charge in [0.05, 0.1) is 41.8 Å². The van der Waals surface area contributed by atoms with Gasteiger partial charge in [-0.1, -0.05) is 17.8 Å². The van der Waals surface area contributed by atoms with Gasteiger partial charge in [-0.05, 0) is 56.7 Å². The summed E-state index contributed by atoms with van der Waals surface area (Å²) >= 11 is 1.35. The van der Waals surface area contributed by atoms with Crippen molar-refractivity contribution >= 4 is 40.4 Å². The number of aryl methyl sites for hydroxylation is 2. The molecule has 0 saturated carbocycles. The number of thioether (sulfide) groups is 1. The van der Waals surface area contributed by atoms with Crippen molar-refractivity contribution in [3.05, 3.63) is 47.5 Å². The summed E-state index contributed by atoms with van der Waals surface area (Å²) in [6, 6.07) is 11.0. The molecule has 0 saturated heterocycles. The fourth-order valence-electron chi connectivity index (χ4n) is 3.10. The first-order valence-corrected chi connectivity index (χ1v) is 10.7. The number of hydrogen-bond donors (Lipinski definition) is 1. The first-order chi connectivity index (χ1) is 14.5. The highest BCUT2D eigenvalue weighted by molar-refractivity contribution is 7.99. The van der Waals surface area contributed by atoms with E-state index in [1.54, 1.807) is 26.2 Å². The molecule has 0 fully saturated rings. The van der Waals surface area contributed by atoms with Gasteiger partial charge in [0.1, 0.15) is 5.75 Å². The topological polar surface area (TPSA) is 82.4 Å². The SMILES string of the molecule is CCOC(=O)c1ccc2c(c1)nc(SCC(=O)Nc1cc(C)ccc1OC)n2CC. The number of nitrogens with one attached hydrogen (secondary N) is 1. The molecule has 0 bridgehead atoms. The maximum Gasteiger partial charge on any atom is 0.338 e. The fourth-order valence-corrected chi connectivity index (χ4v) is 3.98. The number of hydrogen-bond acceptors (Lipinski definition) is 6. The van der Waals surface area contributed by atoms with Gasteiger partial charge in [0, 0.05) is 6.54 Å². The van der Waals surface area contributed by atoms with E-state index in [0.717, 1.165) is 16.2 Å². The molecule has 0 radical (unpaired) electrons. The van der Waals surface area contributed by atoms with Crippen LogP contribution in [0.15, 0.2) is 41.6 Å². The average Bonchev–Trinajstić information content (AvgIpc) is 3.09. The molecule has 3 rings (SSSR count). The number of rotatable bonds is 8. The Bertz CT molecular complexity index is 1080. The number of benzene rings is 2. The Hall–Kier alpha value is -3.00. The zero-order valence-corrected chi connectivity index (χ0v) is 18.3. The zero-order valence-electron chi connectivity index (χ0n) is 17.5. The van der Waals surface area contributed by atoms with E-state index in [4.69, 9.17) is 9.47 Å². The number of carbonyl (C=O) groups is 2. The molecule has 1 N–H and O–H groups in total. The molecule has 3 aromatic rings. The monoisotopic (exact) mass is 427 g/mol. The van der Waals surface area contributed by atoms with Crippen molar-refractivity contribution in [3.8, 4) is 5.75 Å². The molecule has 30 heavy (non-hydrogen) atoms. The van der Waals surface area contributed by atoms with Crippen molar-refractivity contribution in [2.75, 3.05) is 24.8 Å². The van der Waals surface area contributed by atoms with Crippen LogP contribution in [0.1, 0.15) is 29.8 Å². The summed E-state index contributed by atoms with van der Waals surface area (Å²) in [4.78, 5) is 29.1. The van der Waals surface area contributed by atoms with Gasteiger partial charge in [-0.15, -0.1) is 0 Å². The van der Waals surface area contributed by atoms with Gasteiger partial charge in [0.15, 0.2) is 5.16 Å². The minimum atomic E-state index is -0.369. The molecule has 0 aliphatic rings. The molecule has 0 aliphatic heterocycles. The first-order valence-electron chi connectivity index (χ1n) is 9.71. The summed E-state index contributed by atoms with van der Waals surface area (Å²) in [5.41, 5.74) is 3.75. The fraction of sp³-hybridized carbons (Fsp3) is 0.318. The quantitative estimate of drug-likeness (QED) is 0.427. The Labute approximate surface area is 179 Å². The minimum absolute atomic E-state index is 0.147. The van der Waals surface area contributed by atoms with Crippen LogP contribution in [-0.4, -0.2) is 40.9 Å². The van der Waals surface area contributed by atoms with Gasteiger partial charge in [-0.3, -0.25) is 4.79 Å². The van der Waals surface area contributed by atoms with Crippen molar-refractivity contribution < 1.29 is 19.1 Å². The van der Waals surface area contributed by atoms with E-state index in [1.165, 1.54) is 11.8 Å². The van der Waals surface area contributed by atoms with Gasteiger partial charge >= 0.3 is 5.97 Å². The molecule has 0 aliphatic carbocycles. The van der Waals surface area contributed by atoms with Crippen molar-refractivity contribution in [2.45, 2.75) is 32.5 Å². The molecule has 1 aromatic heterocycles. The number of imidazole rings is 1. The molecule has 1 amide bonds. The van der Waals surface area contributed by atoms with Crippen LogP contribution in [0.5, 0.6) is 5.75 Å². The number of carbonyl (C=O) groups excluding carboxylic acids is 2. The number of nitrogens with zero attached hydrogens (tertiary/aromatic N) is 2. The van der Waals surface area contributed by atoms with Crippen molar-refractivity contribution in [1.29, 1.82) is 0 Å². The lowest BCUT2D eigenvalue weighted by Gasteiger charge is -2.11. The number of ether oxygens (including phenoxy) is 2. The summed E-state index contributed by atoms with van der Waals surface area (Å²) in [7, 11) is 1.57. The summed E-state index contributed by atoms with van der Waals surface area (Å²) in [5.74, 6) is 0.300. The van der Waals surface area contributed by atoms with Gasteiger partial charge in [-0.2, -0.15) is 0 Å². The first kappa shape index (κ1) is 21.7. The molecule has 0 atom stereocenters. The Kier molecular flexibility index (Phi) is 6.99. The highest BCUT2D eigenvalue weighted by Gasteiger charge is 2.15. The van der Waals surface area contributed by atoms with Gasteiger partial charge < -0.3 is 19.4 Å². The molecule has 0 spiro atoms. The summed E-state index contributed by atoms with van der Waals surface area (Å²) in [5, 5.41) is 3.62. The second-order valence-electron chi connectivity index (χ2n) is 6.60. The standard InChI is InChI=1S/C22H25N3O4S/c1-5-25-18-9-8-15(21(27)29-6-2)12-16(18)24-22(25)30-13-20(26)23-17-11-14(3)7-10-19(17)28-4/h7-12H,5-6,13H2,1-4H3,(H,23,26). The molecule has 158 valence electrons. The number of methoxy groups -OCH3 is 1. The summed E-state index contributed by atoms with van der Waals surface area (Å²) in [6.45, 7) is 6.77. The third kappa shape index (κ3) is 4.76. The van der Waals surface area contributed by atoms with E-state index >= 15 is 0 Å². The second kappa shape index (κ2) is 9.67. The normalized spacial score (nSPS) is 10.8. The van der Waals surface area contributed by atoms with Crippen LogP contribution in [0, 0.1) is 6.92 Å². The average molecular weight is 428 g/mol. The highest BCUT2D eigenvalue weighted by Crippen LogP contribution is 2.27. The van der Waals surface area contributed by atoms with Crippen molar-refractivity contribution in [3.63, 3.8) is 0 Å². The molecule has 7 nitrogen and oxygen atoms in total. The van der Waals surface area contributed by atoms with Gasteiger partial charge in [0.2, 0.25) is 5.91 Å². The predicted molar refractivity (Wildman–Crippen MR) is 118 cm³/mol. The number of anilines is 1.